The molecule has 2 aromatic carbocycles. The maximum Gasteiger partial charge on any atom is 0.336 e. The van der Waals surface area contributed by atoms with E-state index in [0.717, 1.165) is 12.0 Å². The van der Waals surface area contributed by atoms with Gasteiger partial charge in [0.2, 0.25) is 0 Å². The number of benzene rings is 2. The van der Waals surface area contributed by atoms with Crippen LogP contribution in [0.5, 0.6) is 5.75 Å². The van der Waals surface area contributed by atoms with E-state index in [2.05, 4.69) is 6.92 Å². The van der Waals surface area contributed by atoms with Gasteiger partial charge in [0.15, 0.2) is 0 Å². The van der Waals surface area contributed by atoms with Crippen LogP contribution in [-0.4, -0.2) is 10.9 Å². The van der Waals surface area contributed by atoms with Gasteiger partial charge >= 0.3 is 5.97 Å². The van der Waals surface area contributed by atoms with E-state index in [1.807, 2.05) is 24.3 Å². The maximum atomic E-state index is 11.7. The molecule has 0 fully saturated rings. The quantitative estimate of drug-likeness (QED) is 0.277. The van der Waals surface area contributed by atoms with Crippen molar-refractivity contribution >= 4 is 17.7 Å². The molecule has 5 nitrogen and oxygen atoms in total. The molecule has 2 rings (SSSR count). The number of non-ortho nitro benzene ring substituents is 1. The third-order valence-electron chi connectivity index (χ3n) is 3.07. The van der Waals surface area contributed by atoms with Crippen LogP contribution in [0.3, 0.4) is 0 Å². The van der Waals surface area contributed by atoms with Crippen LogP contribution in [0.25, 0.3) is 6.08 Å². The van der Waals surface area contributed by atoms with Crippen molar-refractivity contribution in [2.75, 3.05) is 0 Å². The third-order valence-corrected chi connectivity index (χ3v) is 3.07. The molecule has 5 heteroatoms. The molecule has 0 spiro atoms. The van der Waals surface area contributed by atoms with Gasteiger partial charge in [-0.05, 0) is 35.8 Å². The van der Waals surface area contributed by atoms with Gasteiger partial charge < -0.3 is 4.74 Å². The lowest BCUT2D eigenvalue weighted by Crippen LogP contribution is -2.03. The zero-order valence-corrected chi connectivity index (χ0v) is 12.1. The summed E-state index contributed by atoms with van der Waals surface area (Å²) in [6, 6.07) is 13.2. The Morgan fingerprint density at radius 2 is 1.77 bits per heavy atom. The molecule has 2 aromatic rings. The fraction of sp³-hybridized carbons (Fsp3) is 0.118. The summed E-state index contributed by atoms with van der Waals surface area (Å²) in [5, 5.41) is 10.5. The predicted molar refractivity (Wildman–Crippen MR) is 83.6 cm³/mol. The minimum atomic E-state index is -0.534. The van der Waals surface area contributed by atoms with Crippen molar-refractivity contribution in [2.45, 2.75) is 13.3 Å². The van der Waals surface area contributed by atoms with Crippen LogP contribution in [0.1, 0.15) is 18.1 Å². The summed E-state index contributed by atoms with van der Waals surface area (Å²) in [5.74, 6) is -0.269. The van der Waals surface area contributed by atoms with Crippen LogP contribution >= 0.6 is 0 Å². The van der Waals surface area contributed by atoms with Crippen molar-refractivity contribution < 1.29 is 14.5 Å². The Kier molecular flexibility index (Phi) is 5.03. The summed E-state index contributed by atoms with van der Waals surface area (Å²) in [4.78, 5) is 21.7. The molecule has 22 heavy (non-hydrogen) atoms. The predicted octanol–water partition coefficient (Wildman–Crippen LogP) is 3.78. The first-order valence-corrected chi connectivity index (χ1v) is 6.82. The molecule has 0 saturated carbocycles. The number of esters is 1. The molecule has 0 N–H and O–H groups in total. The minimum Gasteiger partial charge on any atom is -0.423 e. The first-order chi connectivity index (χ1) is 10.6. The molecule has 0 bridgehead atoms. The molecular weight excluding hydrogens is 282 g/mol. The van der Waals surface area contributed by atoms with Gasteiger partial charge in [-0.2, -0.15) is 0 Å². The van der Waals surface area contributed by atoms with Crippen LogP contribution < -0.4 is 4.74 Å². The summed E-state index contributed by atoms with van der Waals surface area (Å²) in [6.45, 7) is 2.08. The average Bonchev–Trinajstić information content (AvgIpc) is 2.54. The Morgan fingerprint density at radius 3 is 2.32 bits per heavy atom. The normalized spacial score (nSPS) is 10.6. The van der Waals surface area contributed by atoms with Crippen LogP contribution in [0, 0.1) is 10.1 Å². The molecule has 0 amide bonds. The highest BCUT2D eigenvalue weighted by atomic mass is 16.6. The van der Waals surface area contributed by atoms with Gasteiger partial charge in [-0.1, -0.05) is 31.2 Å². The molecule has 0 aromatic heterocycles. The topological polar surface area (TPSA) is 69.4 Å². The van der Waals surface area contributed by atoms with Crippen LogP contribution in [0.15, 0.2) is 54.6 Å². The zero-order valence-electron chi connectivity index (χ0n) is 12.1. The second-order valence-corrected chi connectivity index (χ2v) is 4.60. The van der Waals surface area contributed by atoms with E-state index in [9.17, 15) is 14.9 Å². The second kappa shape index (κ2) is 7.17. The van der Waals surface area contributed by atoms with Crippen LogP contribution in [-0.2, 0) is 11.2 Å². The lowest BCUT2D eigenvalue weighted by molar-refractivity contribution is -0.384. The summed E-state index contributed by atoms with van der Waals surface area (Å²) >= 11 is 0. The number of aryl methyl sites for hydroxylation is 1. The van der Waals surface area contributed by atoms with E-state index in [1.165, 1.54) is 35.9 Å². The van der Waals surface area contributed by atoms with Gasteiger partial charge in [0, 0.05) is 18.2 Å². The van der Waals surface area contributed by atoms with E-state index >= 15 is 0 Å². The first-order valence-electron chi connectivity index (χ1n) is 6.82. The monoisotopic (exact) mass is 297 g/mol. The molecule has 0 saturated heterocycles. The lowest BCUT2D eigenvalue weighted by atomic mass is 10.1. The molecule has 0 atom stereocenters. The van der Waals surface area contributed by atoms with Gasteiger partial charge in [-0.15, -0.1) is 0 Å². The number of hydrogen-bond acceptors (Lipinski definition) is 4. The number of carbonyl (C=O) groups excluding carboxylic acids is 1. The first kappa shape index (κ1) is 15.4. The smallest absolute Gasteiger partial charge is 0.336 e. The highest BCUT2D eigenvalue weighted by molar-refractivity contribution is 5.88. The van der Waals surface area contributed by atoms with Crippen molar-refractivity contribution in [1.29, 1.82) is 0 Å². The number of nitro groups is 1. The number of hydrogen-bond donors (Lipinski definition) is 0. The number of rotatable bonds is 5. The Labute approximate surface area is 128 Å². The molecule has 0 aliphatic carbocycles. The standard InChI is InChI=1S/C17H15NO4/c1-2-13-3-5-14(6-4-13)7-12-17(19)22-16-10-8-15(9-11-16)18(20)21/h3-12H,2H2,1H3/b12-7+. The van der Waals surface area contributed by atoms with Gasteiger partial charge in [0.25, 0.3) is 5.69 Å². The van der Waals surface area contributed by atoms with Gasteiger partial charge in [0.1, 0.15) is 5.75 Å². The van der Waals surface area contributed by atoms with Gasteiger partial charge in [-0.3, -0.25) is 10.1 Å². The van der Waals surface area contributed by atoms with E-state index in [-0.39, 0.29) is 11.4 Å². The van der Waals surface area contributed by atoms with Crippen molar-refractivity contribution in [2.24, 2.45) is 0 Å². The van der Waals surface area contributed by atoms with Gasteiger partial charge in [-0.25, -0.2) is 4.79 Å². The summed E-state index contributed by atoms with van der Waals surface area (Å²) < 4.78 is 5.07. The van der Waals surface area contributed by atoms with E-state index in [1.54, 1.807) is 6.08 Å². The van der Waals surface area contributed by atoms with E-state index < -0.39 is 10.9 Å². The molecule has 0 unspecified atom stereocenters. The second-order valence-electron chi connectivity index (χ2n) is 4.60. The third kappa shape index (κ3) is 4.28. The molecule has 112 valence electrons. The molecule has 0 heterocycles. The Balaban J connectivity index is 1.96. The summed E-state index contributed by atoms with van der Waals surface area (Å²) in [7, 11) is 0. The Morgan fingerprint density at radius 1 is 1.14 bits per heavy atom. The fourth-order valence-electron chi connectivity index (χ4n) is 1.81. The molecule has 0 aliphatic heterocycles. The van der Waals surface area contributed by atoms with Crippen molar-refractivity contribution in [3.8, 4) is 5.75 Å². The van der Waals surface area contributed by atoms with E-state index in [0.29, 0.717) is 0 Å². The van der Waals surface area contributed by atoms with Crippen molar-refractivity contribution in [3.63, 3.8) is 0 Å². The summed E-state index contributed by atoms with van der Waals surface area (Å²) in [6.07, 6.45) is 3.95. The number of ether oxygens (including phenoxy) is 1. The highest BCUT2D eigenvalue weighted by Crippen LogP contribution is 2.17. The van der Waals surface area contributed by atoms with Crippen LogP contribution in [0.4, 0.5) is 5.69 Å². The summed E-state index contributed by atoms with van der Waals surface area (Å²) in [5.41, 5.74) is 2.08. The SMILES string of the molecule is CCc1ccc(/C=C/C(=O)Oc2ccc([N+](=O)[O-])cc2)cc1. The number of nitrogens with zero attached hydrogens (tertiary/aromatic N) is 1. The maximum absolute atomic E-state index is 11.7. The lowest BCUT2D eigenvalue weighted by Gasteiger charge is -2.01. The minimum absolute atomic E-state index is 0.0497. The number of nitro benzene ring substituents is 1. The molecule has 0 aliphatic rings. The number of carbonyl (C=O) groups is 1. The molecular formula is C17H15NO4. The largest absolute Gasteiger partial charge is 0.423 e. The highest BCUT2D eigenvalue weighted by Gasteiger charge is 2.06. The van der Waals surface area contributed by atoms with Crippen molar-refractivity contribution in [1.82, 2.24) is 0 Å². The van der Waals surface area contributed by atoms with Gasteiger partial charge in [0.05, 0.1) is 4.92 Å². The Hall–Kier alpha value is -2.95. The zero-order chi connectivity index (χ0) is 15.9. The fourth-order valence-corrected chi connectivity index (χ4v) is 1.81. The van der Waals surface area contributed by atoms with Crippen LogP contribution in [0.2, 0.25) is 0 Å². The van der Waals surface area contributed by atoms with E-state index in [4.69, 9.17) is 4.74 Å². The Bertz CT molecular complexity index is 688. The molecule has 0 radical (unpaired) electrons. The average molecular weight is 297 g/mol. The van der Waals surface area contributed by atoms with Crippen molar-refractivity contribution in [3.05, 3.63) is 75.8 Å².